The van der Waals surface area contributed by atoms with Gasteiger partial charge in [0, 0.05) is 23.1 Å². The third-order valence-electron chi connectivity index (χ3n) is 4.10. The van der Waals surface area contributed by atoms with E-state index in [1.165, 1.54) is 12.1 Å². The molecule has 0 unspecified atom stereocenters. The average Bonchev–Trinajstić information content (AvgIpc) is 3.21. The molecule has 0 aliphatic heterocycles. The SMILES string of the molecule is O=C(NCCCNC(=O)c1ccc(COc2cccc(Br)c2)o1)c1cccc(O)c1. The number of aromatic hydroxyl groups is 1. The smallest absolute Gasteiger partial charge is 0.286 e. The second-order valence-electron chi connectivity index (χ2n) is 6.43. The number of benzene rings is 2. The van der Waals surface area contributed by atoms with Crippen LogP contribution in [0.4, 0.5) is 0 Å². The number of carbonyl (C=O) groups excluding carboxylic acids is 2. The van der Waals surface area contributed by atoms with Crippen LogP contribution in [0.1, 0.15) is 33.1 Å². The predicted molar refractivity (Wildman–Crippen MR) is 115 cm³/mol. The monoisotopic (exact) mass is 472 g/mol. The van der Waals surface area contributed by atoms with Gasteiger partial charge in [-0.25, -0.2) is 0 Å². The van der Waals surface area contributed by atoms with E-state index in [9.17, 15) is 14.7 Å². The van der Waals surface area contributed by atoms with E-state index in [2.05, 4.69) is 26.6 Å². The van der Waals surface area contributed by atoms with Crippen molar-refractivity contribution in [3.05, 3.63) is 82.2 Å². The highest BCUT2D eigenvalue weighted by atomic mass is 79.9. The number of amides is 2. The maximum absolute atomic E-state index is 12.2. The summed E-state index contributed by atoms with van der Waals surface area (Å²) in [5, 5.41) is 14.9. The molecule has 2 aromatic carbocycles. The minimum Gasteiger partial charge on any atom is -0.508 e. The fraction of sp³-hybridized carbons (Fsp3) is 0.182. The number of carbonyl (C=O) groups is 2. The lowest BCUT2D eigenvalue weighted by atomic mass is 10.2. The Hall–Kier alpha value is -3.26. The van der Waals surface area contributed by atoms with Crippen LogP contribution in [-0.4, -0.2) is 30.0 Å². The zero-order valence-electron chi connectivity index (χ0n) is 16.1. The van der Waals surface area contributed by atoms with Crippen molar-refractivity contribution >= 4 is 27.7 Å². The van der Waals surface area contributed by atoms with Crippen LogP contribution in [0.25, 0.3) is 0 Å². The van der Waals surface area contributed by atoms with Crippen molar-refractivity contribution in [2.75, 3.05) is 13.1 Å². The molecule has 0 aliphatic rings. The first-order valence-corrected chi connectivity index (χ1v) is 10.1. The summed E-state index contributed by atoms with van der Waals surface area (Å²) in [6.45, 7) is 0.979. The highest BCUT2D eigenvalue weighted by Crippen LogP contribution is 2.19. The number of ether oxygens (including phenoxy) is 1. The molecule has 0 fully saturated rings. The van der Waals surface area contributed by atoms with E-state index in [1.807, 2.05) is 24.3 Å². The molecule has 0 saturated carbocycles. The zero-order valence-corrected chi connectivity index (χ0v) is 17.6. The highest BCUT2D eigenvalue weighted by Gasteiger charge is 2.11. The number of hydrogen-bond acceptors (Lipinski definition) is 5. The van der Waals surface area contributed by atoms with Gasteiger partial charge in [0.05, 0.1) is 0 Å². The lowest BCUT2D eigenvalue weighted by Gasteiger charge is -2.06. The first kappa shape index (κ1) is 21.4. The Morgan fingerprint density at radius 3 is 2.50 bits per heavy atom. The summed E-state index contributed by atoms with van der Waals surface area (Å²) >= 11 is 3.38. The maximum Gasteiger partial charge on any atom is 0.286 e. The number of phenolic OH excluding ortho intramolecular Hbond substituents is 1. The van der Waals surface area contributed by atoms with Crippen molar-refractivity contribution in [3.8, 4) is 11.5 Å². The number of rotatable bonds is 9. The summed E-state index contributed by atoms with van der Waals surface area (Å²) in [6, 6.07) is 16.9. The van der Waals surface area contributed by atoms with Crippen LogP contribution in [0, 0.1) is 0 Å². The number of halogens is 1. The van der Waals surface area contributed by atoms with Gasteiger partial charge in [0.25, 0.3) is 11.8 Å². The number of phenols is 1. The number of hydrogen-bond donors (Lipinski definition) is 3. The summed E-state index contributed by atoms with van der Waals surface area (Å²) in [7, 11) is 0. The molecule has 0 radical (unpaired) electrons. The lowest BCUT2D eigenvalue weighted by Crippen LogP contribution is -2.29. The van der Waals surface area contributed by atoms with Crippen LogP contribution in [0.15, 0.2) is 69.6 Å². The van der Waals surface area contributed by atoms with E-state index < -0.39 is 0 Å². The van der Waals surface area contributed by atoms with Gasteiger partial charge in [0.1, 0.15) is 23.9 Å². The molecular weight excluding hydrogens is 452 g/mol. The van der Waals surface area contributed by atoms with Crippen LogP contribution < -0.4 is 15.4 Å². The average molecular weight is 473 g/mol. The molecule has 0 atom stereocenters. The molecule has 1 heterocycles. The fourth-order valence-electron chi connectivity index (χ4n) is 2.62. The molecule has 3 N–H and O–H groups in total. The number of furan rings is 1. The van der Waals surface area contributed by atoms with Crippen LogP contribution in [0.3, 0.4) is 0 Å². The van der Waals surface area contributed by atoms with Crippen molar-refractivity contribution in [2.45, 2.75) is 13.0 Å². The van der Waals surface area contributed by atoms with Gasteiger partial charge in [-0.3, -0.25) is 9.59 Å². The third-order valence-corrected chi connectivity index (χ3v) is 4.59. The molecule has 1 aromatic heterocycles. The van der Waals surface area contributed by atoms with Gasteiger partial charge >= 0.3 is 0 Å². The Morgan fingerprint density at radius 2 is 1.73 bits per heavy atom. The topological polar surface area (TPSA) is 101 Å². The van der Waals surface area contributed by atoms with Crippen LogP contribution >= 0.6 is 15.9 Å². The minimum absolute atomic E-state index is 0.0368. The first-order chi connectivity index (χ1) is 14.5. The Bertz CT molecular complexity index is 1020. The normalized spacial score (nSPS) is 10.4. The molecule has 3 rings (SSSR count). The molecule has 7 nitrogen and oxygen atoms in total. The second kappa shape index (κ2) is 10.5. The van der Waals surface area contributed by atoms with Gasteiger partial charge < -0.3 is 24.9 Å². The van der Waals surface area contributed by atoms with E-state index >= 15 is 0 Å². The minimum atomic E-state index is -0.331. The van der Waals surface area contributed by atoms with E-state index in [-0.39, 0.29) is 29.9 Å². The molecule has 8 heteroatoms. The fourth-order valence-corrected chi connectivity index (χ4v) is 3.00. The standard InChI is InChI=1S/C22H21BrN2O5/c23-16-5-2-7-18(13-16)29-14-19-8-9-20(30-19)22(28)25-11-3-10-24-21(27)15-4-1-6-17(26)12-15/h1-2,4-9,12-13,26H,3,10-11,14H2,(H,24,27)(H,25,28). The molecule has 30 heavy (non-hydrogen) atoms. The summed E-state index contributed by atoms with van der Waals surface area (Å²) in [5.41, 5.74) is 0.382. The van der Waals surface area contributed by atoms with Crippen LogP contribution in [0.5, 0.6) is 11.5 Å². The second-order valence-corrected chi connectivity index (χ2v) is 7.34. The molecule has 0 spiro atoms. The molecule has 0 aliphatic carbocycles. The Morgan fingerprint density at radius 1 is 0.967 bits per heavy atom. The van der Waals surface area contributed by atoms with Crippen molar-refractivity contribution in [1.29, 1.82) is 0 Å². The van der Waals surface area contributed by atoms with Gasteiger partial charge in [-0.2, -0.15) is 0 Å². The molecular formula is C22H21BrN2O5. The van der Waals surface area contributed by atoms with Crippen LogP contribution in [0.2, 0.25) is 0 Å². The van der Waals surface area contributed by atoms with Crippen molar-refractivity contribution in [2.24, 2.45) is 0 Å². The molecule has 0 bridgehead atoms. The van der Waals surface area contributed by atoms with E-state index in [4.69, 9.17) is 9.15 Å². The van der Waals surface area contributed by atoms with Gasteiger partial charge in [0.2, 0.25) is 0 Å². The van der Waals surface area contributed by atoms with Gasteiger partial charge in [0.15, 0.2) is 5.76 Å². The quantitative estimate of drug-likeness (QED) is 0.410. The lowest BCUT2D eigenvalue weighted by molar-refractivity contribution is 0.0921. The summed E-state index contributed by atoms with van der Waals surface area (Å²) in [6.07, 6.45) is 0.551. The van der Waals surface area contributed by atoms with Gasteiger partial charge in [-0.05, 0) is 55.0 Å². The first-order valence-electron chi connectivity index (χ1n) is 9.34. The number of nitrogens with one attached hydrogen (secondary N) is 2. The van der Waals surface area contributed by atoms with E-state index in [0.717, 1.165) is 4.47 Å². The van der Waals surface area contributed by atoms with Crippen LogP contribution in [-0.2, 0) is 6.61 Å². The Labute approximate surface area is 182 Å². The molecule has 156 valence electrons. The Balaban J connectivity index is 1.36. The Kier molecular flexibility index (Phi) is 7.51. The van der Waals surface area contributed by atoms with Gasteiger partial charge in [-0.1, -0.05) is 28.1 Å². The maximum atomic E-state index is 12.2. The molecule has 3 aromatic rings. The predicted octanol–water partition coefficient (Wildman–Crippen LogP) is 3.88. The molecule has 0 saturated heterocycles. The van der Waals surface area contributed by atoms with Crippen molar-refractivity contribution < 1.29 is 23.8 Å². The van der Waals surface area contributed by atoms with Crippen molar-refractivity contribution in [1.82, 2.24) is 10.6 Å². The highest BCUT2D eigenvalue weighted by molar-refractivity contribution is 9.10. The summed E-state index contributed by atoms with van der Waals surface area (Å²) in [4.78, 5) is 24.1. The summed E-state index contributed by atoms with van der Waals surface area (Å²) < 4.78 is 12.1. The van der Waals surface area contributed by atoms with Crippen molar-refractivity contribution in [3.63, 3.8) is 0 Å². The summed E-state index contributed by atoms with van der Waals surface area (Å²) in [5.74, 6) is 0.862. The van der Waals surface area contributed by atoms with Gasteiger partial charge in [-0.15, -0.1) is 0 Å². The van der Waals surface area contributed by atoms with E-state index in [1.54, 1.807) is 24.3 Å². The van der Waals surface area contributed by atoms with E-state index in [0.29, 0.717) is 36.6 Å². The zero-order chi connectivity index (χ0) is 21.3. The molecule has 2 amide bonds. The third kappa shape index (κ3) is 6.38. The largest absolute Gasteiger partial charge is 0.508 e.